The maximum atomic E-state index is 14.0. The number of thioether (sulfide) groups is 1. The van der Waals surface area contributed by atoms with Crippen molar-refractivity contribution in [3.05, 3.63) is 83.8 Å². The Labute approximate surface area is 158 Å². The lowest BCUT2D eigenvalue weighted by Gasteiger charge is -2.10. The number of hydrogen-bond acceptors (Lipinski definition) is 4. The van der Waals surface area contributed by atoms with E-state index >= 15 is 0 Å². The Morgan fingerprint density at radius 2 is 1.81 bits per heavy atom. The molecule has 2 aromatic heterocycles. The minimum atomic E-state index is -0.854. The molecule has 0 saturated heterocycles. The van der Waals surface area contributed by atoms with Gasteiger partial charge in [-0.3, -0.25) is 4.57 Å². The van der Waals surface area contributed by atoms with Crippen molar-refractivity contribution in [2.75, 3.05) is 0 Å². The average molecular weight is 383 g/mol. The van der Waals surface area contributed by atoms with Crippen LogP contribution >= 0.6 is 11.8 Å². The van der Waals surface area contributed by atoms with E-state index in [9.17, 15) is 8.78 Å². The van der Waals surface area contributed by atoms with Gasteiger partial charge in [-0.05, 0) is 31.2 Å². The molecule has 0 aliphatic heterocycles. The van der Waals surface area contributed by atoms with Crippen LogP contribution in [0.25, 0.3) is 17.1 Å². The quantitative estimate of drug-likeness (QED) is 0.433. The summed E-state index contributed by atoms with van der Waals surface area (Å²) in [4.78, 5) is 0. The fourth-order valence-corrected chi connectivity index (χ4v) is 3.69. The average Bonchev–Trinajstić information content (AvgIpc) is 3.29. The molecule has 0 radical (unpaired) electrons. The van der Waals surface area contributed by atoms with Crippen molar-refractivity contribution < 1.29 is 13.2 Å². The number of benzene rings is 2. The van der Waals surface area contributed by atoms with Gasteiger partial charge in [0.1, 0.15) is 5.76 Å². The van der Waals surface area contributed by atoms with Crippen LogP contribution in [0.3, 0.4) is 0 Å². The summed E-state index contributed by atoms with van der Waals surface area (Å²) in [5.41, 5.74) is 1.99. The zero-order valence-corrected chi connectivity index (χ0v) is 15.2. The van der Waals surface area contributed by atoms with E-state index < -0.39 is 11.6 Å². The Hall–Kier alpha value is -2.93. The lowest BCUT2D eigenvalue weighted by Crippen LogP contribution is -2.00. The van der Waals surface area contributed by atoms with Crippen molar-refractivity contribution in [2.24, 2.45) is 0 Å². The van der Waals surface area contributed by atoms with Crippen LogP contribution in [0.4, 0.5) is 8.78 Å². The molecule has 4 nitrogen and oxygen atoms in total. The monoisotopic (exact) mass is 383 g/mol. The first-order valence-corrected chi connectivity index (χ1v) is 9.24. The van der Waals surface area contributed by atoms with Crippen molar-refractivity contribution >= 4 is 11.8 Å². The third kappa shape index (κ3) is 3.38. The molecule has 0 bridgehead atoms. The van der Waals surface area contributed by atoms with Gasteiger partial charge in [0, 0.05) is 17.0 Å². The van der Waals surface area contributed by atoms with Crippen molar-refractivity contribution in [1.82, 2.24) is 14.8 Å². The number of halogens is 2. The number of aromatic nitrogens is 3. The Bertz CT molecular complexity index is 1080. The SMILES string of the molecule is Cc1occc1-c1nnc(SCc2cccc(F)c2F)n1-c1ccccc1. The van der Waals surface area contributed by atoms with Gasteiger partial charge in [0.25, 0.3) is 0 Å². The topological polar surface area (TPSA) is 43.9 Å². The minimum Gasteiger partial charge on any atom is -0.469 e. The fourth-order valence-electron chi connectivity index (χ4n) is 2.77. The summed E-state index contributed by atoms with van der Waals surface area (Å²) in [6.07, 6.45) is 1.60. The molecule has 0 fully saturated rings. The van der Waals surface area contributed by atoms with Crippen LogP contribution in [0.1, 0.15) is 11.3 Å². The molecule has 0 unspecified atom stereocenters. The van der Waals surface area contributed by atoms with Gasteiger partial charge in [0.05, 0.1) is 11.8 Å². The number of nitrogens with zero attached hydrogens (tertiary/aromatic N) is 3. The normalized spacial score (nSPS) is 11.1. The summed E-state index contributed by atoms with van der Waals surface area (Å²) in [5.74, 6) is -0.0881. The third-order valence-corrected chi connectivity index (χ3v) is 5.11. The van der Waals surface area contributed by atoms with Gasteiger partial charge in [-0.15, -0.1) is 10.2 Å². The van der Waals surface area contributed by atoms with E-state index in [0.29, 0.717) is 11.0 Å². The van der Waals surface area contributed by atoms with Gasteiger partial charge in [-0.25, -0.2) is 8.78 Å². The Morgan fingerprint density at radius 1 is 1.00 bits per heavy atom. The fraction of sp³-hybridized carbons (Fsp3) is 0.100. The van der Waals surface area contributed by atoms with E-state index in [4.69, 9.17) is 4.42 Å². The highest BCUT2D eigenvalue weighted by Crippen LogP contribution is 2.32. The summed E-state index contributed by atoms with van der Waals surface area (Å²) < 4.78 is 34.7. The zero-order valence-electron chi connectivity index (χ0n) is 14.4. The number of rotatable bonds is 5. The number of hydrogen-bond donors (Lipinski definition) is 0. The van der Waals surface area contributed by atoms with Gasteiger partial charge in [-0.1, -0.05) is 42.1 Å². The number of aryl methyl sites for hydroxylation is 1. The van der Waals surface area contributed by atoms with Crippen molar-refractivity contribution in [3.8, 4) is 17.1 Å². The first kappa shape index (κ1) is 17.5. The number of furan rings is 1. The summed E-state index contributed by atoms with van der Waals surface area (Å²) in [5, 5.41) is 9.17. The third-order valence-electron chi connectivity index (χ3n) is 4.14. The van der Waals surface area contributed by atoms with Crippen LogP contribution < -0.4 is 0 Å². The zero-order chi connectivity index (χ0) is 18.8. The van der Waals surface area contributed by atoms with Gasteiger partial charge in [-0.2, -0.15) is 0 Å². The molecule has 0 aliphatic carbocycles. The molecular weight excluding hydrogens is 368 g/mol. The molecule has 27 heavy (non-hydrogen) atoms. The summed E-state index contributed by atoms with van der Waals surface area (Å²) in [6.45, 7) is 1.86. The van der Waals surface area contributed by atoms with Crippen LogP contribution in [0, 0.1) is 18.6 Å². The van der Waals surface area contributed by atoms with E-state index in [1.807, 2.05) is 47.9 Å². The van der Waals surface area contributed by atoms with Gasteiger partial charge >= 0.3 is 0 Å². The molecular formula is C20H15F2N3OS. The highest BCUT2D eigenvalue weighted by Gasteiger charge is 2.19. The summed E-state index contributed by atoms with van der Waals surface area (Å²) in [7, 11) is 0. The van der Waals surface area contributed by atoms with Gasteiger partial charge in [0.2, 0.25) is 0 Å². The molecule has 0 N–H and O–H groups in total. The molecule has 0 atom stereocenters. The molecule has 0 saturated carbocycles. The molecule has 0 spiro atoms. The first-order chi connectivity index (χ1) is 13.1. The maximum Gasteiger partial charge on any atom is 0.196 e. The van der Waals surface area contributed by atoms with Crippen molar-refractivity contribution in [2.45, 2.75) is 17.8 Å². The first-order valence-electron chi connectivity index (χ1n) is 8.26. The molecule has 4 aromatic rings. The van der Waals surface area contributed by atoms with E-state index in [0.717, 1.165) is 23.1 Å². The van der Waals surface area contributed by atoms with Crippen LogP contribution in [0.5, 0.6) is 0 Å². The smallest absolute Gasteiger partial charge is 0.196 e. The lowest BCUT2D eigenvalue weighted by molar-refractivity contribution is 0.502. The maximum absolute atomic E-state index is 14.0. The van der Waals surface area contributed by atoms with E-state index in [2.05, 4.69) is 10.2 Å². The molecule has 136 valence electrons. The highest BCUT2D eigenvalue weighted by molar-refractivity contribution is 7.98. The predicted octanol–water partition coefficient (Wildman–Crippen LogP) is 5.41. The molecule has 4 rings (SSSR count). The van der Waals surface area contributed by atoms with Crippen molar-refractivity contribution in [3.63, 3.8) is 0 Å². The molecule has 2 heterocycles. The molecule has 0 amide bonds. The van der Waals surface area contributed by atoms with Gasteiger partial charge < -0.3 is 4.42 Å². The van der Waals surface area contributed by atoms with Crippen LogP contribution in [-0.2, 0) is 5.75 Å². The van der Waals surface area contributed by atoms with Crippen LogP contribution in [0.15, 0.2) is 70.4 Å². The van der Waals surface area contributed by atoms with E-state index in [-0.39, 0.29) is 11.3 Å². The van der Waals surface area contributed by atoms with E-state index in [1.165, 1.54) is 17.8 Å². The Balaban J connectivity index is 1.74. The number of para-hydroxylation sites is 1. The largest absolute Gasteiger partial charge is 0.469 e. The molecule has 7 heteroatoms. The standard InChI is InChI=1S/C20H15F2N3OS/c1-13-16(10-11-26-13)19-23-24-20(25(19)15-7-3-2-4-8-15)27-12-14-6-5-9-17(21)18(14)22/h2-11H,12H2,1H3. The predicted molar refractivity (Wildman–Crippen MR) is 99.7 cm³/mol. The Morgan fingerprint density at radius 3 is 2.56 bits per heavy atom. The minimum absolute atomic E-state index is 0.235. The summed E-state index contributed by atoms with van der Waals surface area (Å²) >= 11 is 1.29. The molecule has 2 aromatic carbocycles. The van der Waals surface area contributed by atoms with Crippen LogP contribution in [-0.4, -0.2) is 14.8 Å². The highest BCUT2D eigenvalue weighted by atomic mass is 32.2. The lowest BCUT2D eigenvalue weighted by atomic mass is 10.2. The van der Waals surface area contributed by atoms with E-state index in [1.54, 1.807) is 12.3 Å². The second-order valence-electron chi connectivity index (χ2n) is 5.87. The molecule has 0 aliphatic rings. The van der Waals surface area contributed by atoms with Crippen molar-refractivity contribution in [1.29, 1.82) is 0 Å². The Kier molecular flexibility index (Phi) is 4.77. The summed E-state index contributed by atoms with van der Waals surface area (Å²) in [6, 6.07) is 15.6. The second-order valence-corrected chi connectivity index (χ2v) is 6.81. The van der Waals surface area contributed by atoms with Gasteiger partial charge in [0.15, 0.2) is 22.6 Å². The second kappa shape index (κ2) is 7.36. The van der Waals surface area contributed by atoms with Crippen LogP contribution in [0.2, 0.25) is 0 Å².